The first-order valence-corrected chi connectivity index (χ1v) is 5.76. The second kappa shape index (κ2) is 4.47. The lowest BCUT2D eigenvalue weighted by atomic mass is 9.97. The maximum Gasteiger partial charge on any atom is 0.238 e. The van der Waals surface area contributed by atoms with E-state index in [1.165, 1.54) is 0 Å². The third-order valence-corrected chi connectivity index (χ3v) is 2.91. The van der Waals surface area contributed by atoms with Gasteiger partial charge in [-0.3, -0.25) is 9.69 Å². The summed E-state index contributed by atoms with van der Waals surface area (Å²) in [5.74, 6) is -0.0326. The van der Waals surface area contributed by atoms with Crippen molar-refractivity contribution >= 4 is 11.6 Å². The molecule has 0 radical (unpaired) electrons. The SMILES string of the molecule is Cc1ccccc1NC(=O)CN1CC(C)(O)C1. The van der Waals surface area contributed by atoms with Gasteiger partial charge in [0, 0.05) is 18.8 Å². The number of aryl methyl sites for hydroxylation is 1. The summed E-state index contributed by atoms with van der Waals surface area (Å²) in [5, 5.41) is 12.4. The second-order valence-corrected chi connectivity index (χ2v) is 5.01. The van der Waals surface area contributed by atoms with Crippen LogP contribution in [0, 0.1) is 6.92 Å². The van der Waals surface area contributed by atoms with Gasteiger partial charge in [-0.15, -0.1) is 0 Å². The van der Waals surface area contributed by atoms with Crippen LogP contribution >= 0.6 is 0 Å². The summed E-state index contributed by atoms with van der Waals surface area (Å²) in [4.78, 5) is 13.7. The van der Waals surface area contributed by atoms with Crippen molar-refractivity contribution in [3.05, 3.63) is 29.8 Å². The fourth-order valence-electron chi connectivity index (χ4n) is 2.13. The van der Waals surface area contributed by atoms with Crippen LogP contribution in [0.5, 0.6) is 0 Å². The molecule has 0 spiro atoms. The average molecular weight is 234 g/mol. The summed E-state index contributed by atoms with van der Waals surface area (Å²) >= 11 is 0. The molecule has 1 heterocycles. The first-order chi connectivity index (χ1) is 7.96. The van der Waals surface area contributed by atoms with E-state index in [1.807, 2.05) is 36.1 Å². The Bertz CT molecular complexity index is 421. The van der Waals surface area contributed by atoms with Gasteiger partial charge in [0.1, 0.15) is 0 Å². The lowest BCUT2D eigenvalue weighted by Gasteiger charge is -2.43. The number of amides is 1. The van der Waals surface area contributed by atoms with E-state index in [1.54, 1.807) is 6.92 Å². The Labute approximate surface area is 101 Å². The van der Waals surface area contributed by atoms with Crippen molar-refractivity contribution in [2.24, 2.45) is 0 Å². The summed E-state index contributed by atoms with van der Waals surface area (Å²) < 4.78 is 0. The Morgan fingerprint density at radius 1 is 1.47 bits per heavy atom. The van der Waals surface area contributed by atoms with E-state index >= 15 is 0 Å². The van der Waals surface area contributed by atoms with Gasteiger partial charge < -0.3 is 10.4 Å². The van der Waals surface area contributed by atoms with Crippen molar-refractivity contribution in [1.82, 2.24) is 4.90 Å². The lowest BCUT2D eigenvalue weighted by molar-refractivity contribution is -0.125. The van der Waals surface area contributed by atoms with E-state index in [2.05, 4.69) is 5.32 Å². The molecule has 2 N–H and O–H groups in total. The van der Waals surface area contributed by atoms with Crippen LogP contribution in [0.2, 0.25) is 0 Å². The number of rotatable bonds is 3. The predicted octanol–water partition coefficient (Wildman–Crippen LogP) is 1.00. The third-order valence-electron chi connectivity index (χ3n) is 2.91. The van der Waals surface area contributed by atoms with Crippen LogP contribution in [0.1, 0.15) is 12.5 Å². The maximum atomic E-state index is 11.7. The van der Waals surface area contributed by atoms with Crippen LogP contribution in [0.3, 0.4) is 0 Å². The number of para-hydroxylation sites is 1. The molecule has 0 bridgehead atoms. The average Bonchev–Trinajstić information content (AvgIpc) is 2.18. The number of benzene rings is 1. The van der Waals surface area contributed by atoms with Crippen molar-refractivity contribution < 1.29 is 9.90 Å². The molecule has 0 saturated carbocycles. The third kappa shape index (κ3) is 3.05. The quantitative estimate of drug-likeness (QED) is 0.820. The number of likely N-dealkylation sites (tertiary alicyclic amines) is 1. The molecular formula is C13H18N2O2. The standard InChI is InChI=1S/C13H18N2O2/c1-10-5-3-4-6-11(10)14-12(16)7-15-8-13(2,17)9-15/h3-6,17H,7-9H2,1-2H3,(H,14,16). The Kier molecular flexibility index (Phi) is 3.17. The highest BCUT2D eigenvalue weighted by Gasteiger charge is 2.37. The zero-order valence-corrected chi connectivity index (χ0v) is 10.2. The normalized spacial score (nSPS) is 18.5. The molecule has 2 rings (SSSR count). The number of anilines is 1. The summed E-state index contributed by atoms with van der Waals surface area (Å²) in [5.41, 5.74) is 1.28. The highest BCUT2D eigenvalue weighted by atomic mass is 16.3. The number of aliphatic hydroxyl groups is 1. The first-order valence-electron chi connectivity index (χ1n) is 5.76. The van der Waals surface area contributed by atoms with Crippen molar-refractivity contribution in [2.45, 2.75) is 19.4 Å². The van der Waals surface area contributed by atoms with Crippen LogP contribution in [-0.2, 0) is 4.79 Å². The Hall–Kier alpha value is -1.39. The highest BCUT2D eigenvalue weighted by molar-refractivity contribution is 5.93. The van der Waals surface area contributed by atoms with Gasteiger partial charge in [-0.2, -0.15) is 0 Å². The Balaban J connectivity index is 1.85. The van der Waals surface area contributed by atoms with Gasteiger partial charge in [-0.05, 0) is 25.5 Å². The van der Waals surface area contributed by atoms with E-state index in [9.17, 15) is 9.90 Å². The topological polar surface area (TPSA) is 52.6 Å². The molecule has 0 aliphatic carbocycles. The molecule has 0 atom stereocenters. The number of carbonyl (C=O) groups is 1. The van der Waals surface area contributed by atoms with Crippen molar-refractivity contribution in [2.75, 3.05) is 25.0 Å². The molecule has 4 nitrogen and oxygen atoms in total. The van der Waals surface area contributed by atoms with Crippen molar-refractivity contribution in [1.29, 1.82) is 0 Å². The fraction of sp³-hybridized carbons (Fsp3) is 0.462. The van der Waals surface area contributed by atoms with Gasteiger partial charge in [0.15, 0.2) is 0 Å². The monoisotopic (exact) mass is 234 g/mol. The van der Waals surface area contributed by atoms with Gasteiger partial charge in [0.05, 0.1) is 12.1 Å². The Morgan fingerprint density at radius 3 is 2.71 bits per heavy atom. The van der Waals surface area contributed by atoms with Gasteiger partial charge in [0.25, 0.3) is 0 Å². The molecule has 0 unspecified atom stereocenters. The van der Waals surface area contributed by atoms with Gasteiger partial charge in [0.2, 0.25) is 5.91 Å². The van der Waals surface area contributed by atoms with Gasteiger partial charge in [-0.1, -0.05) is 18.2 Å². The summed E-state index contributed by atoms with van der Waals surface area (Å²) in [6.07, 6.45) is 0. The zero-order chi connectivity index (χ0) is 12.5. The summed E-state index contributed by atoms with van der Waals surface area (Å²) in [7, 11) is 0. The van der Waals surface area contributed by atoms with Crippen molar-refractivity contribution in [3.63, 3.8) is 0 Å². The van der Waals surface area contributed by atoms with E-state index in [4.69, 9.17) is 0 Å². The van der Waals surface area contributed by atoms with Crippen LogP contribution in [-0.4, -0.2) is 41.1 Å². The number of nitrogens with zero attached hydrogens (tertiary/aromatic N) is 1. The highest BCUT2D eigenvalue weighted by Crippen LogP contribution is 2.19. The maximum absolute atomic E-state index is 11.7. The number of hydrogen-bond acceptors (Lipinski definition) is 3. The van der Waals surface area contributed by atoms with Crippen molar-refractivity contribution in [3.8, 4) is 0 Å². The molecular weight excluding hydrogens is 216 g/mol. The fourth-order valence-corrected chi connectivity index (χ4v) is 2.13. The molecule has 1 aromatic carbocycles. The number of nitrogens with one attached hydrogen (secondary N) is 1. The van der Waals surface area contributed by atoms with Gasteiger partial charge >= 0.3 is 0 Å². The van der Waals surface area contributed by atoms with E-state index < -0.39 is 5.60 Å². The number of carbonyl (C=O) groups excluding carboxylic acids is 1. The van der Waals surface area contributed by atoms with E-state index in [0.29, 0.717) is 19.6 Å². The zero-order valence-electron chi connectivity index (χ0n) is 10.2. The minimum atomic E-state index is -0.622. The molecule has 1 aromatic rings. The van der Waals surface area contributed by atoms with Crippen LogP contribution in [0.25, 0.3) is 0 Å². The number of hydrogen-bond donors (Lipinski definition) is 2. The molecule has 17 heavy (non-hydrogen) atoms. The summed E-state index contributed by atoms with van der Waals surface area (Å²) in [6.45, 7) is 5.21. The van der Waals surface area contributed by atoms with Crippen LogP contribution in [0.4, 0.5) is 5.69 Å². The van der Waals surface area contributed by atoms with Crippen LogP contribution in [0.15, 0.2) is 24.3 Å². The first kappa shape index (κ1) is 12.1. The predicted molar refractivity (Wildman–Crippen MR) is 66.9 cm³/mol. The molecule has 1 saturated heterocycles. The number of β-amino-alcohol motifs (C(OH)–C–C–N with tert-alkyl or cyclic N) is 1. The van der Waals surface area contributed by atoms with E-state index in [-0.39, 0.29) is 5.91 Å². The minimum Gasteiger partial charge on any atom is -0.388 e. The molecule has 1 fully saturated rings. The molecule has 1 aliphatic heterocycles. The summed E-state index contributed by atoms with van der Waals surface area (Å²) in [6, 6.07) is 7.69. The second-order valence-electron chi connectivity index (χ2n) is 5.01. The largest absolute Gasteiger partial charge is 0.388 e. The van der Waals surface area contributed by atoms with Crippen LogP contribution < -0.4 is 5.32 Å². The Morgan fingerprint density at radius 2 is 2.12 bits per heavy atom. The smallest absolute Gasteiger partial charge is 0.238 e. The molecule has 4 heteroatoms. The molecule has 0 aromatic heterocycles. The van der Waals surface area contributed by atoms with E-state index in [0.717, 1.165) is 11.3 Å². The minimum absolute atomic E-state index is 0.0326. The molecule has 92 valence electrons. The molecule has 1 aliphatic rings. The van der Waals surface area contributed by atoms with Gasteiger partial charge in [-0.25, -0.2) is 0 Å². The lowest BCUT2D eigenvalue weighted by Crippen LogP contribution is -2.61. The molecule has 1 amide bonds.